The summed E-state index contributed by atoms with van der Waals surface area (Å²) in [6, 6.07) is 8.04. The highest BCUT2D eigenvalue weighted by Gasteiger charge is 2.14. The van der Waals surface area contributed by atoms with E-state index in [0.29, 0.717) is 6.42 Å². The van der Waals surface area contributed by atoms with Gasteiger partial charge in [0.2, 0.25) is 0 Å². The van der Waals surface area contributed by atoms with Crippen LogP contribution in [0.3, 0.4) is 0 Å². The van der Waals surface area contributed by atoms with E-state index in [1.54, 1.807) is 0 Å². The first-order chi connectivity index (χ1) is 7.52. The van der Waals surface area contributed by atoms with E-state index in [-0.39, 0.29) is 6.42 Å². The molecule has 0 radical (unpaired) electrons. The second kappa shape index (κ2) is 5.32. The van der Waals surface area contributed by atoms with Crippen molar-refractivity contribution in [2.24, 2.45) is 5.92 Å². The molecule has 0 heterocycles. The van der Waals surface area contributed by atoms with Gasteiger partial charge < -0.3 is 5.11 Å². The molecule has 84 valence electrons. The Morgan fingerprint density at radius 3 is 2.69 bits per heavy atom. The summed E-state index contributed by atoms with van der Waals surface area (Å²) in [5, 5.41) is 17.5. The summed E-state index contributed by atoms with van der Waals surface area (Å²) in [4.78, 5) is 10.5. The van der Waals surface area contributed by atoms with Gasteiger partial charge in [-0.3, -0.25) is 4.79 Å². The molecule has 0 aliphatic heterocycles. The maximum atomic E-state index is 10.5. The SMILES string of the molecule is Cc1ccc(CC(C#N)CC(=O)O)c(C)c1. The van der Waals surface area contributed by atoms with Crippen molar-refractivity contribution in [1.82, 2.24) is 0 Å². The normalized spacial score (nSPS) is 11.8. The average Bonchev–Trinajstić information content (AvgIpc) is 2.20. The lowest BCUT2D eigenvalue weighted by molar-refractivity contribution is -0.137. The molecule has 0 saturated heterocycles. The molecule has 3 nitrogen and oxygen atoms in total. The van der Waals surface area contributed by atoms with Gasteiger partial charge in [0.15, 0.2) is 0 Å². The van der Waals surface area contributed by atoms with Gasteiger partial charge in [0.05, 0.1) is 18.4 Å². The van der Waals surface area contributed by atoms with Crippen molar-refractivity contribution in [3.8, 4) is 6.07 Å². The van der Waals surface area contributed by atoms with Gasteiger partial charge >= 0.3 is 5.97 Å². The highest BCUT2D eigenvalue weighted by molar-refractivity contribution is 5.67. The molecule has 1 rings (SSSR count). The Kier molecular flexibility index (Phi) is 4.07. The third-order valence-corrected chi connectivity index (χ3v) is 2.57. The third-order valence-electron chi connectivity index (χ3n) is 2.57. The summed E-state index contributed by atoms with van der Waals surface area (Å²) in [5.74, 6) is -1.37. The number of carboxylic acid groups (broad SMARTS) is 1. The number of hydrogen-bond donors (Lipinski definition) is 1. The van der Waals surface area contributed by atoms with Gasteiger partial charge in [-0.2, -0.15) is 5.26 Å². The molecule has 0 aliphatic rings. The molecule has 1 aromatic rings. The molecular formula is C13H15NO2. The Hall–Kier alpha value is -1.82. The predicted molar refractivity (Wildman–Crippen MR) is 61.0 cm³/mol. The van der Waals surface area contributed by atoms with Crippen molar-refractivity contribution < 1.29 is 9.90 Å². The largest absolute Gasteiger partial charge is 0.481 e. The number of hydrogen-bond acceptors (Lipinski definition) is 2. The Bertz CT molecular complexity index is 432. The molecule has 1 aromatic carbocycles. The van der Waals surface area contributed by atoms with Crippen LogP contribution in [0.25, 0.3) is 0 Å². The van der Waals surface area contributed by atoms with Gasteiger partial charge in [0, 0.05) is 0 Å². The van der Waals surface area contributed by atoms with Crippen molar-refractivity contribution in [3.63, 3.8) is 0 Å². The topological polar surface area (TPSA) is 61.1 Å². The van der Waals surface area contributed by atoms with E-state index in [9.17, 15) is 4.79 Å². The lowest BCUT2D eigenvalue weighted by Gasteiger charge is -2.09. The molecule has 3 heteroatoms. The molecule has 1 N–H and O–H groups in total. The molecule has 1 atom stereocenters. The van der Waals surface area contributed by atoms with Crippen LogP contribution in [0.15, 0.2) is 18.2 Å². The summed E-state index contributed by atoms with van der Waals surface area (Å²) in [7, 11) is 0. The number of nitriles is 1. The van der Waals surface area contributed by atoms with Crippen molar-refractivity contribution in [2.45, 2.75) is 26.7 Å². The number of carbonyl (C=O) groups is 1. The fourth-order valence-electron chi connectivity index (χ4n) is 1.71. The maximum Gasteiger partial charge on any atom is 0.304 e. The number of carboxylic acids is 1. The monoisotopic (exact) mass is 217 g/mol. The number of rotatable bonds is 4. The third kappa shape index (κ3) is 3.39. The van der Waals surface area contributed by atoms with Crippen molar-refractivity contribution in [2.75, 3.05) is 0 Å². The zero-order valence-corrected chi connectivity index (χ0v) is 9.53. The molecule has 0 fully saturated rings. The number of nitrogens with zero attached hydrogens (tertiary/aromatic N) is 1. The number of aryl methyl sites for hydroxylation is 2. The average molecular weight is 217 g/mol. The molecule has 0 amide bonds. The lowest BCUT2D eigenvalue weighted by atomic mass is 9.94. The minimum absolute atomic E-state index is 0.0934. The van der Waals surface area contributed by atoms with Crippen LogP contribution in [-0.4, -0.2) is 11.1 Å². The van der Waals surface area contributed by atoms with Crippen LogP contribution in [0.5, 0.6) is 0 Å². The van der Waals surface area contributed by atoms with E-state index in [4.69, 9.17) is 10.4 Å². The highest BCUT2D eigenvalue weighted by atomic mass is 16.4. The second-order valence-corrected chi connectivity index (χ2v) is 4.06. The van der Waals surface area contributed by atoms with Crippen LogP contribution < -0.4 is 0 Å². The van der Waals surface area contributed by atoms with E-state index in [0.717, 1.165) is 11.1 Å². The Morgan fingerprint density at radius 1 is 1.50 bits per heavy atom. The summed E-state index contributed by atoms with van der Waals surface area (Å²) >= 11 is 0. The zero-order valence-electron chi connectivity index (χ0n) is 9.53. The minimum atomic E-state index is -0.920. The van der Waals surface area contributed by atoms with E-state index >= 15 is 0 Å². The van der Waals surface area contributed by atoms with Crippen LogP contribution in [-0.2, 0) is 11.2 Å². The molecule has 0 saturated carbocycles. The van der Waals surface area contributed by atoms with E-state index in [1.807, 2.05) is 38.1 Å². The lowest BCUT2D eigenvalue weighted by Crippen LogP contribution is -2.09. The number of benzene rings is 1. The van der Waals surface area contributed by atoms with Crippen LogP contribution in [0.2, 0.25) is 0 Å². The van der Waals surface area contributed by atoms with Gasteiger partial charge in [-0.05, 0) is 31.4 Å². The summed E-state index contributed by atoms with van der Waals surface area (Å²) in [5.41, 5.74) is 3.34. The molecule has 0 aromatic heterocycles. The summed E-state index contributed by atoms with van der Waals surface area (Å²) < 4.78 is 0. The van der Waals surface area contributed by atoms with Gasteiger partial charge in [0.25, 0.3) is 0 Å². The van der Waals surface area contributed by atoms with Gasteiger partial charge in [-0.25, -0.2) is 0 Å². The smallest absolute Gasteiger partial charge is 0.304 e. The highest BCUT2D eigenvalue weighted by Crippen LogP contribution is 2.16. The maximum absolute atomic E-state index is 10.5. The first-order valence-corrected chi connectivity index (χ1v) is 5.20. The molecule has 16 heavy (non-hydrogen) atoms. The van der Waals surface area contributed by atoms with Crippen LogP contribution in [0.4, 0.5) is 0 Å². The quantitative estimate of drug-likeness (QED) is 0.842. The summed E-state index contributed by atoms with van der Waals surface area (Å²) in [6.07, 6.45) is 0.415. The van der Waals surface area contributed by atoms with E-state index in [2.05, 4.69) is 0 Å². The standard InChI is InChI=1S/C13H15NO2/c1-9-3-4-12(10(2)5-9)6-11(8-14)7-13(15)16/h3-5,11H,6-7H2,1-2H3,(H,15,16). The first-order valence-electron chi connectivity index (χ1n) is 5.20. The molecule has 0 aliphatic carbocycles. The van der Waals surface area contributed by atoms with E-state index in [1.165, 1.54) is 5.56 Å². The fraction of sp³-hybridized carbons (Fsp3) is 0.385. The van der Waals surface area contributed by atoms with Crippen LogP contribution in [0.1, 0.15) is 23.1 Å². The molecule has 0 bridgehead atoms. The van der Waals surface area contributed by atoms with Gasteiger partial charge in [-0.1, -0.05) is 23.8 Å². The Labute approximate surface area is 95.3 Å². The Balaban J connectivity index is 2.79. The molecular weight excluding hydrogens is 202 g/mol. The summed E-state index contributed by atoms with van der Waals surface area (Å²) in [6.45, 7) is 3.99. The van der Waals surface area contributed by atoms with Crippen molar-refractivity contribution >= 4 is 5.97 Å². The number of aliphatic carboxylic acids is 1. The van der Waals surface area contributed by atoms with Crippen LogP contribution >= 0.6 is 0 Å². The van der Waals surface area contributed by atoms with E-state index < -0.39 is 11.9 Å². The first kappa shape index (κ1) is 12.3. The molecule has 1 unspecified atom stereocenters. The van der Waals surface area contributed by atoms with Crippen molar-refractivity contribution in [1.29, 1.82) is 5.26 Å². The fourth-order valence-corrected chi connectivity index (χ4v) is 1.71. The predicted octanol–water partition coefficient (Wildman–Crippen LogP) is 2.46. The van der Waals surface area contributed by atoms with Gasteiger partial charge in [0.1, 0.15) is 0 Å². The Morgan fingerprint density at radius 2 is 2.19 bits per heavy atom. The van der Waals surface area contributed by atoms with Gasteiger partial charge in [-0.15, -0.1) is 0 Å². The van der Waals surface area contributed by atoms with Crippen molar-refractivity contribution in [3.05, 3.63) is 34.9 Å². The second-order valence-electron chi connectivity index (χ2n) is 4.06. The minimum Gasteiger partial charge on any atom is -0.481 e. The zero-order chi connectivity index (χ0) is 12.1. The molecule has 0 spiro atoms. The van der Waals surface area contributed by atoms with Crippen LogP contribution in [0, 0.1) is 31.1 Å².